The van der Waals surface area contributed by atoms with Gasteiger partial charge < -0.3 is 5.32 Å². The van der Waals surface area contributed by atoms with Crippen LogP contribution in [0.2, 0.25) is 5.28 Å². The van der Waals surface area contributed by atoms with Crippen LogP contribution in [0.15, 0.2) is 18.2 Å². The Morgan fingerprint density at radius 3 is 2.81 bits per heavy atom. The Hall–Kier alpha value is -2.79. The first-order chi connectivity index (χ1) is 9.93. The van der Waals surface area contributed by atoms with E-state index in [2.05, 4.69) is 15.3 Å². The summed E-state index contributed by atoms with van der Waals surface area (Å²) >= 11 is 5.67. The van der Waals surface area contributed by atoms with E-state index in [1.54, 1.807) is 6.07 Å². The fourth-order valence-electron chi connectivity index (χ4n) is 1.71. The summed E-state index contributed by atoms with van der Waals surface area (Å²) in [5, 5.41) is 22.4. The van der Waals surface area contributed by atoms with Gasteiger partial charge in [-0.3, -0.25) is 10.1 Å². The van der Waals surface area contributed by atoms with E-state index in [-0.39, 0.29) is 28.0 Å². The van der Waals surface area contributed by atoms with Crippen LogP contribution in [0.25, 0.3) is 0 Å². The fourth-order valence-corrected chi connectivity index (χ4v) is 1.92. The highest BCUT2D eigenvalue weighted by molar-refractivity contribution is 6.28. The van der Waals surface area contributed by atoms with Gasteiger partial charge in [-0.2, -0.15) is 10.2 Å². The van der Waals surface area contributed by atoms with E-state index in [0.717, 1.165) is 6.07 Å². The van der Waals surface area contributed by atoms with Gasteiger partial charge in [0.1, 0.15) is 23.1 Å². The molecule has 1 heterocycles. The summed E-state index contributed by atoms with van der Waals surface area (Å²) in [6.07, 6.45) is 0. The Morgan fingerprint density at radius 2 is 2.19 bits per heavy atom. The second kappa shape index (κ2) is 5.68. The first-order valence-corrected chi connectivity index (χ1v) is 5.96. The Kier molecular flexibility index (Phi) is 3.95. The van der Waals surface area contributed by atoms with Crippen LogP contribution < -0.4 is 5.32 Å². The van der Waals surface area contributed by atoms with Gasteiger partial charge in [0.25, 0.3) is 0 Å². The van der Waals surface area contributed by atoms with Gasteiger partial charge in [-0.15, -0.1) is 0 Å². The second-order valence-electron chi connectivity index (χ2n) is 3.93. The molecule has 2 aromatic rings. The van der Waals surface area contributed by atoms with Crippen LogP contribution in [0.5, 0.6) is 0 Å². The van der Waals surface area contributed by atoms with Gasteiger partial charge in [-0.25, -0.2) is 9.37 Å². The Balaban J connectivity index is 2.58. The third-order valence-corrected chi connectivity index (χ3v) is 2.76. The maximum atomic E-state index is 13.5. The van der Waals surface area contributed by atoms with Crippen LogP contribution >= 0.6 is 11.6 Å². The van der Waals surface area contributed by atoms with Gasteiger partial charge in [0.15, 0.2) is 0 Å². The van der Waals surface area contributed by atoms with E-state index in [0.29, 0.717) is 0 Å². The molecule has 0 fully saturated rings. The van der Waals surface area contributed by atoms with E-state index >= 15 is 0 Å². The number of rotatable bonds is 3. The van der Waals surface area contributed by atoms with Crippen molar-refractivity contribution in [1.29, 1.82) is 5.26 Å². The first kappa shape index (κ1) is 14.6. The number of hydrogen-bond donors (Lipinski definition) is 1. The van der Waals surface area contributed by atoms with Gasteiger partial charge >= 0.3 is 5.69 Å². The van der Waals surface area contributed by atoms with Crippen LogP contribution in [-0.4, -0.2) is 14.9 Å². The minimum atomic E-state index is -0.748. The maximum absolute atomic E-state index is 13.5. The van der Waals surface area contributed by atoms with Gasteiger partial charge in [0.2, 0.25) is 11.1 Å². The molecule has 0 saturated heterocycles. The van der Waals surface area contributed by atoms with Crippen molar-refractivity contribution in [2.45, 2.75) is 6.92 Å². The predicted molar refractivity (Wildman–Crippen MR) is 72.8 cm³/mol. The summed E-state index contributed by atoms with van der Waals surface area (Å²) in [7, 11) is 0. The van der Waals surface area contributed by atoms with Crippen molar-refractivity contribution >= 4 is 28.8 Å². The molecule has 0 atom stereocenters. The fraction of sp³-hybridized carbons (Fsp3) is 0.0833. The molecule has 0 bridgehead atoms. The molecule has 0 unspecified atom stereocenters. The van der Waals surface area contributed by atoms with Crippen LogP contribution in [-0.2, 0) is 0 Å². The lowest BCUT2D eigenvalue weighted by Crippen LogP contribution is -2.05. The van der Waals surface area contributed by atoms with Crippen LogP contribution in [0.1, 0.15) is 11.3 Å². The normalized spacial score (nSPS) is 10.0. The summed E-state index contributed by atoms with van der Waals surface area (Å²) < 4.78 is 13.5. The number of nitrogens with one attached hydrogen (secondary N) is 1. The number of aryl methyl sites for hydroxylation is 1. The summed E-state index contributed by atoms with van der Waals surface area (Å²) in [4.78, 5) is 17.8. The SMILES string of the molecule is Cc1nc(Cl)nc(Nc2cccc(F)c2C#N)c1[N+](=O)[O-]. The van der Waals surface area contributed by atoms with E-state index in [9.17, 15) is 14.5 Å². The smallest absolute Gasteiger partial charge is 0.332 e. The van der Waals surface area contributed by atoms with E-state index in [1.807, 2.05) is 0 Å². The van der Waals surface area contributed by atoms with Crippen molar-refractivity contribution in [3.8, 4) is 6.07 Å². The Bertz CT molecular complexity index is 775. The number of nitrogens with zero attached hydrogens (tertiary/aromatic N) is 4. The quantitative estimate of drug-likeness (QED) is 0.530. The molecule has 0 aliphatic rings. The molecule has 0 aliphatic heterocycles. The number of aromatic nitrogens is 2. The molecular formula is C12H7ClFN5O2. The molecule has 7 nitrogen and oxygen atoms in total. The zero-order chi connectivity index (χ0) is 15.6. The molecule has 0 saturated carbocycles. The summed E-state index contributed by atoms with van der Waals surface area (Å²) in [6, 6.07) is 5.55. The number of benzene rings is 1. The largest absolute Gasteiger partial charge is 0.333 e. The van der Waals surface area contributed by atoms with Crippen molar-refractivity contribution in [2.75, 3.05) is 5.32 Å². The molecule has 0 aliphatic carbocycles. The van der Waals surface area contributed by atoms with Crippen molar-refractivity contribution in [3.63, 3.8) is 0 Å². The third kappa shape index (κ3) is 2.88. The summed E-state index contributed by atoms with van der Waals surface area (Å²) in [5.41, 5.74) is -0.570. The molecule has 0 amide bonds. The summed E-state index contributed by atoms with van der Waals surface area (Å²) in [6.45, 7) is 1.40. The van der Waals surface area contributed by atoms with Gasteiger partial charge in [-0.05, 0) is 30.7 Å². The maximum Gasteiger partial charge on any atom is 0.332 e. The van der Waals surface area contributed by atoms with Crippen molar-refractivity contribution in [3.05, 3.63) is 50.7 Å². The molecule has 0 spiro atoms. The molecular weight excluding hydrogens is 301 g/mol. The number of anilines is 2. The number of hydrogen-bond acceptors (Lipinski definition) is 6. The third-order valence-electron chi connectivity index (χ3n) is 2.59. The topological polar surface area (TPSA) is 105 Å². The minimum Gasteiger partial charge on any atom is -0.333 e. The second-order valence-corrected chi connectivity index (χ2v) is 4.27. The molecule has 1 aromatic heterocycles. The van der Waals surface area contributed by atoms with Crippen LogP contribution in [0, 0.1) is 34.2 Å². The molecule has 1 N–H and O–H groups in total. The van der Waals surface area contributed by atoms with Gasteiger partial charge in [-0.1, -0.05) is 6.07 Å². The zero-order valence-corrected chi connectivity index (χ0v) is 11.3. The zero-order valence-electron chi connectivity index (χ0n) is 10.6. The standard InChI is InChI=1S/C12H7ClFN5O2/c1-6-10(19(20)21)11(18-12(13)16-6)17-9-4-2-3-8(14)7(9)5-15/h2-4H,1H3,(H,16,17,18). The van der Waals surface area contributed by atoms with E-state index < -0.39 is 16.4 Å². The molecule has 21 heavy (non-hydrogen) atoms. The lowest BCUT2D eigenvalue weighted by molar-refractivity contribution is -0.385. The number of nitro groups is 1. The summed E-state index contributed by atoms with van der Waals surface area (Å²) in [5.74, 6) is -0.957. The average molecular weight is 308 g/mol. The highest BCUT2D eigenvalue weighted by Gasteiger charge is 2.23. The highest BCUT2D eigenvalue weighted by atomic mass is 35.5. The highest BCUT2D eigenvalue weighted by Crippen LogP contribution is 2.30. The Morgan fingerprint density at radius 1 is 1.48 bits per heavy atom. The predicted octanol–water partition coefficient (Wildman–Crippen LogP) is 3.10. The average Bonchev–Trinajstić information content (AvgIpc) is 2.37. The molecule has 0 radical (unpaired) electrons. The van der Waals surface area contributed by atoms with Gasteiger partial charge in [0.05, 0.1) is 10.6 Å². The van der Waals surface area contributed by atoms with Crippen molar-refractivity contribution < 1.29 is 9.31 Å². The lowest BCUT2D eigenvalue weighted by Gasteiger charge is -2.09. The first-order valence-electron chi connectivity index (χ1n) is 5.58. The lowest BCUT2D eigenvalue weighted by atomic mass is 10.2. The van der Waals surface area contributed by atoms with E-state index in [1.165, 1.54) is 19.1 Å². The number of nitriles is 1. The van der Waals surface area contributed by atoms with E-state index in [4.69, 9.17) is 16.9 Å². The molecule has 1 aromatic carbocycles. The van der Waals surface area contributed by atoms with Crippen LogP contribution in [0.3, 0.4) is 0 Å². The minimum absolute atomic E-state index is 0.0507. The molecule has 9 heteroatoms. The van der Waals surface area contributed by atoms with Crippen molar-refractivity contribution in [2.24, 2.45) is 0 Å². The van der Waals surface area contributed by atoms with Crippen LogP contribution in [0.4, 0.5) is 21.6 Å². The molecule has 2 rings (SSSR count). The molecule has 106 valence electrons. The van der Waals surface area contributed by atoms with Crippen molar-refractivity contribution in [1.82, 2.24) is 9.97 Å². The number of halogens is 2. The monoisotopic (exact) mass is 307 g/mol. The van der Waals surface area contributed by atoms with Gasteiger partial charge in [0, 0.05) is 0 Å². The Labute approximate surface area is 123 Å².